The first-order chi connectivity index (χ1) is 7.22. The zero-order valence-electron chi connectivity index (χ0n) is 8.63. The van der Waals surface area contributed by atoms with Crippen molar-refractivity contribution in [3.63, 3.8) is 0 Å². The Morgan fingerprint density at radius 3 is 2.67 bits per heavy atom. The number of nitrogens with one attached hydrogen (secondary N) is 1. The summed E-state index contributed by atoms with van der Waals surface area (Å²) in [5.74, 6) is -0.244. The lowest BCUT2D eigenvalue weighted by atomic mass is 10.2. The third-order valence-electron chi connectivity index (χ3n) is 1.83. The van der Waals surface area contributed by atoms with Gasteiger partial charge < -0.3 is 10.1 Å². The Balaban J connectivity index is 2.30. The van der Waals surface area contributed by atoms with Crippen LogP contribution in [0.5, 0.6) is 0 Å². The van der Waals surface area contributed by atoms with E-state index in [0.29, 0.717) is 11.6 Å². The molecule has 3 nitrogen and oxygen atoms in total. The molecule has 0 bridgehead atoms. The summed E-state index contributed by atoms with van der Waals surface area (Å²) in [7, 11) is 0. The topological polar surface area (TPSA) is 38.3 Å². The van der Waals surface area contributed by atoms with Gasteiger partial charge in [-0.1, -0.05) is 30.7 Å². The minimum absolute atomic E-state index is 0.244. The smallest absolute Gasteiger partial charge is 0.320 e. The van der Waals surface area contributed by atoms with E-state index in [2.05, 4.69) is 5.32 Å². The summed E-state index contributed by atoms with van der Waals surface area (Å²) in [6.07, 6.45) is 0. The molecule has 0 atom stereocenters. The average Bonchev–Trinajstić information content (AvgIpc) is 2.25. The predicted molar refractivity (Wildman–Crippen MR) is 59.8 cm³/mol. The molecule has 82 valence electrons. The molecule has 0 radical (unpaired) electrons. The van der Waals surface area contributed by atoms with E-state index < -0.39 is 0 Å². The van der Waals surface area contributed by atoms with Crippen LogP contribution in [0.15, 0.2) is 24.3 Å². The van der Waals surface area contributed by atoms with Crippen molar-refractivity contribution in [2.75, 3.05) is 13.1 Å². The Hall–Kier alpha value is -1.06. The van der Waals surface area contributed by atoms with Crippen molar-refractivity contribution >= 4 is 17.6 Å². The minimum Gasteiger partial charge on any atom is -0.460 e. The zero-order chi connectivity index (χ0) is 11.1. The van der Waals surface area contributed by atoms with Gasteiger partial charge in [-0.15, -0.1) is 0 Å². The fraction of sp³-hybridized carbons (Fsp3) is 0.364. The van der Waals surface area contributed by atoms with Gasteiger partial charge >= 0.3 is 5.97 Å². The Labute approximate surface area is 94.4 Å². The van der Waals surface area contributed by atoms with Gasteiger partial charge in [0.05, 0.1) is 6.54 Å². The number of esters is 1. The van der Waals surface area contributed by atoms with E-state index in [4.69, 9.17) is 16.3 Å². The van der Waals surface area contributed by atoms with E-state index >= 15 is 0 Å². The lowest BCUT2D eigenvalue weighted by molar-refractivity contribution is -0.143. The van der Waals surface area contributed by atoms with Crippen LogP contribution in [0.3, 0.4) is 0 Å². The van der Waals surface area contributed by atoms with Crippen molar-refractivity contribution in [1.29, 1.82) is 0 Å². The second-order valence-electron chi connectivity index (χ2n) is 3.07. The van der Waals surface area contributed by atoms with Gasteiger partial charge in [-0.2, -0.15) is 0 Å². The van der Waals surface area contributed by atoms with Crippen LogP contribution < -0.4 is 5.32 Å². The number of carbonyl (C=O) groups excluding carboxylic acids is 1. The highest BCUT2D eigenvalue weighted by molar-refractivity contribution is 6.30. The third kappa shape index (κ3) is 4.81. The van der Waals surface area contributed by atoms with Crippen LogP contribution in [0.2, 0.25) is 5.02 Å². The van der Waals surface area contributed by atoms with Crippen LogP contribution in [-0.4, -0.2) is 19.1 Å². The molecule has 1 rings (SSSR count). The minimum atomic E-state index is -0.244. The molecule has 0 aliphatic heterocycles. The van der Waals surface area contributed by atoms with Crippen molar-refractivity contribution < 1.29 is 9.53 Å². The number of hydrogen-bond acceptors (Lipinski definition) is 3. The summed E-state index contributed by atoms with van der Waals surface area (Å²) in [4.78, 5) is 11.1. The number of hydrogen-bond donors (Lipinski definition) is 1. The van der Waals surface area contributed by atoms with Gasteiger partial charge in [0, 0.05) is 5.02 Å². The SMILES string of the molecule is CCNCC(=O)OCc1ccc(Cl)cc1. The first-order valence-electron chi connectivity index (χ1n) is 4.83. The van der Waals surface area contributed by atoms with Crippen molar-refractivity contribution in [2.45, 2.75) is 13.5 Å². The van der Waals surface area contributed by atoms with E-state index in [1.165, 1.54) is 0 Å². The van der Waals surface area contributed by atoms with Gasteiger partial charge in [0.1, 0.15) is 6.61 Å². The summed E-state index contributed by atoms with van der Waals surface area (Å²) in [6.45, 7) is 3.24. The highest BCUT2D eigenvalue weighted by Crippen LogP contribution is 2.10. The maximum absolute atomic E-state index is 11.1. The third-order valence-corrected chi connectivity index (χ3v) is 2.08. The molecular weight excluding hydrogens is 214 g/mol. The molecule has 0 heterocycles. The second kappa shape index (κ2) is 6.43. The molecule has 0 aliphatic rings. The molecule has 0 unspecified atom stereocenters. The van der Waals surface area contributed by atoms with Gasteiger partial charge in [-0.05, 0) is 24.2 Å². The monoisotopic (exact) mass is 227 g/mol. The Bertz CT molecular complexity index is 311. The molecule has 1 N–H and O–H groups in total. The molecule has 0 fully saturated rings. The molecule has 0 amide bonds. The van der Waals surface area contributed by atoms with Crippen LogP contribution in [-0.2, 0) is 16.1 Å². The van der Waals surface area contributed by atoms with Gasteiger partial charge in [-0.25, -0.2) is 0 Å². The van der Waals surface area contributed by atoms with Crippen LogP contribution >= 0.6 is 11.6 Å². The normalized spacial score (nSPS) is 10.0. The zero-order valence-corrected chi connectivity index (χ0v) is 9.38. The summed E-state index contributed by atoms with van der Waals surface area (Å²) >= 11 is 5.73. The molecule has 0 saturated carbocycles. The molecule has 0 saturated heterocycles. The van der Waals surface area contributed by atoms with E-state index in [-0.39, 0.29) is 12.5 Å². The summed E-state index contributed by atoms with van der Waals surface area (Å²) < 4.78 is 5.03. The molecule has 15 heavy (non-hydrogen) atoms. The summed E-state index contributed by atoms with van der Waals surface area (Å²) in [5.41, 5.74) is 0.934. The largest absolute Gasteiger partial charge is 0.460 e. The van der Waals surface area contributed by atoms with Crippen LogP contribution in [0.4, 0.5) is 0 Å². The Morgan fingerprint density at radius 1 is 1.40 bits per heavy atom. The maximum Gasteiger partial charge on any atom is 0.320 e. The number of benzene rings is 1. The van der Waals surface area contributed by atoms with E-state index in [1.807, 2.05) is 19.1 Å². The Kier molecular flexibility index (Phi) is 5.15. The maximum atomic E-state index is 11.1. The molecule has 0 aromatic heterocycles. The standard InChI is InChI=1S/C11H14ClNO2/c1-2-13-7-11(14)15-8-9-3-5-10(12)6-4-9/h3-6,13H,2,7-8H2,1H3. The van der Waals surface area contributed by atoms with Gasteiger partial charge in [0.2, 0.25) is 0 Å². The highest BCUT2D eigenvalue weighted by Gasteiger charge is 2.01. The van der Waals surface area contributed by atoms with Crippen LogP contribution in [0.25, 0.3) is 0 Å². The van der Waals surface area contributed by atoms with E-state index in [0.717, 1.165) is 12.1 Å². The lowest BCUT2D eigenvalue weighted by Crippen LogP contribution is -2.24. The number of likely N-dealkylation sites (N-methyl/N-ethyl adjacent to an activating group) is 1. The van der Waals surface area contributed by atoms with Crippen LogP contribution in [0.1, 0.15) is 12.5 Å². The predicted octanol–water partition coefficient (Wildman–Crippen LogP) is 1.99. The molecule has 1 aromatic carbocycles. The summed E-state index contributed by atoms with van der Waals surface area (Å²) in [6, 6.07) is 7.22. The first kappa shape index (κ1) is 12.0. The molecule has 0 spiro atoms. The average molecular weight is 228 g/mol. The molecule has 4 heteroatoms. The van der Waals surface area contributed by atoms with Gasteiger partial charge in [0.15, 0.2) is 0 Å². The molecule has 1 aromatic rings. The second-order valence-corrected chi connectivity index (χ2v) is 3.50. The molecule has 0 aliphatic carbocycles. The number of carbonyl (C=O) groups is 1. The van der Waals surface area contributed by atoms with Crippen molar-refractivity contribution in [3.05, 3.63) is 34.9 Å². The van der Waals surface area contributed by atoms with Gasteiger partial charge in [0.25, 0.3) is 0 Å². The number of halogens is 1. The Morgan fingerprint density at radius 2 is 2.07 bits per heavy atom. The lowest BCUT2D eigenvalue weighted by Gasteiger charge is -2.05. The first-order valence-corrected chi connectivity index (χ1v) is 5.21. The number of ether oxygens (including phenoxy) is 1. The van der Waals surface area contributed by atoms with E-state index in [1.54, 1.807) is 12.1 Å². The molecular formula is C11H14ClNO2. The quantitative estimate of drug-likeness (QED) is 0.782. The van der Waals surface area contributed by atoms with E-state index in [9.17, 15) is 4.79 Å². The highest BCUT2D eigenvalue weighted by atomic mass is 35.5. The number of rotatable bonds is 5. The van der Waals surface area contributed by atoms with Crippen LogP contribution in [0, 0.1) is 0 Å². The van der Waals surface area contributed by atoms with Crippen molar-refractivity contribution in [2.24, 2.45) is 0 Å². The van der Waals surface area contributed by atoms with Gasteiger partial charge in [-0.3, -0.25) is 4.79 Å². The summed E-state index contributed by atoms with van der Waals surface area (Å²) in [5, 5.41) is 3.58. The fourth-order valence-electron chi connectivity index (χ4n) is 1.02. The van der Waals surface area contributed by atoms with Crippen molar-refractivity contribution in [1.82, 2.24) is 5.32 Å². The fourth-order valence-corrected chi connectivity index (χ4v) is 1.15. The van der Waals surface area contributed by atoms with Crippen molar-refractivity contribution in [3.8, 4) is 0 Å².